The van der Waals surface area contributed by atoms with Gasteiger partial charge in [-0.25, -0.2) is 4.79 Å². The van der Waals surface area contributed by atoms with Crippen molar-refractivity contribution in [3.63, 3.8) is 0 Å². The second-order valence-electron chi connectivity index (χ2n) is 5.13. The van der Waals surface area contributed by atoms with Crippen LogP contribution in [0, 0.1) is 0 Å². The van der Waals surface area contributed by atoms with E-state index in [0.29, 0.717) is 11.8 Å². The van der Waals surface area contributed by atoms with Gasteiger partial charge in [0.15, 0.2) is 5.11 Å². The fraction of sp³-hybridized carbons (Fsp3) is 0.0588. The molecule has 1 aromatic heterocycles. The van der Waals surface area contributed by atoms with E-state index in [1.165, 1.54) is 18.2 Å². The van der Waals surface area contributed by atoms with Crippen LogP contribution in [0.4, 0.5) is 24.5 Å². The number of rotatable bonds is 2. The highest BCUT2D eigenvalue weighted by Crippen LogP contribution is 2.34. The first-order valence-corrected chi connectivity index (χ1v) is 7.52. The van der Waals surface area contributed by atoms with E-state index in [2.05, 4.69) is 10.6 Å². The predicted molar refractivity (Wildman–Crippen MR) is 93.8 cm³/mol. The van der Waals surface area contributed by atoms with Crippen LogP contribution in [0.5, 0.6) is 0 Å². The number of halogens is 3. The highest BCUT2D eigenvalue weighted by molar-refractivity contribution is 7.80. The van der Waals surface area contributed by atoms with Gasteiger partial charge in [0.2, 0.25) is 0 Å². The Morgan fingerprint density at radius 1 is 0.960 bits per heavy atom. The molecule has 0 aliphatic rings. The molecular formula is C17H11F3N2O2S. The summed E-state index contributed by atoms with van der Waals surface area (Å²) in [7, 11) is 0. The van der Waals surface area contributed by atoms with Gasteiger partial charge in [0.1, 0.15) is 5.58 Å². The minimum absolute atomic E-state index is 0.146. The minimum atomic E-state index is -4.67. The molecule has 25 heavy (non-hydrogen) atoms. The fourth-order valence-corrected chi connectivity index (χ4v) is 2.53. The predicted octanol–water partition coefficient (Wildman–Crippen LogP) is 4.62. The van der Waals surface area contributed by atoms with Crippen LogP contribution in [0.25, 0.3) is 11.0 Å². The van der Waals surface area contributed by atoms with Crippen LogP contribution < -0.4 is 16.3 Å². The molecule has 0 saturated carbocycles. The van der Waals surface area contributed by atoms with Gasteiger partial charge in [-0.05, 0) is 42.5 Å². The second kappa shape index (κ2) is 6.56. The van der Waals surface area contributed by atoms with Crippen LogP contribution in [-0.2, 0) is 6.18 Å². The maximum Gasteiger partial charge on any atom is 0.417 e. The van der Waals surface area contributed by atoms with Gasteiger partial charge in [-0.1, -0.05) is 18.2 Å². The molecule has 0 fully saturated rings. The molecule has 0 radical (unpaired) electrons. The Hall–Kier alpha value is -2.87. The molecule has 2 aromatic carbocycles. The van der Waals surface area contributed by atoms with Gasteiger partial charge in [-0.15, -0.1) is 0 Å². The number of para-hydroxylation sites is 1. The maximum atomic E-state index is 13.1. The summed E-state index contributed by atoms with van der Waals surface area (Å²) in [6.45, 7) is 0. The molecule has 128 valence electrons. The van der Waals surface area contributed by atoms with E-state index in [1.54, 1.807) is 12.1 Å². The van der Waals surface area contributed by atoms with Gasteiger partial charge in [-0.2, -0.15) is 13.2 Å². The molecule has 0 spiro atoms. The Morgan fingerprint density at radius 3 is 2.32 bits per heavy atom. The zero-order valence-electron chi connectivity index (χ0n) is 12.6. The van der Waals surface area contributed by atoms with E-state index >= 15 is 0 Å². The van der Waals surface area contributed by atoms with E-state index in [9.17, 15) is 18.0 Å². The lowest BCUT2D eigenvalue weighted by Gasteiger charge is -2.13. The first-order chi connectivity index (χ1) is 11.8. The molecule has 1 heterocycles. The van der Waals surface area contributed by atoms with Crippen molar-refractivity contribution in [2.45, 2.75) is 6.18 Å². The molecule has 3 aromatic rings. The fourth-order valence-electron chi connectivity index (χ4n) is 2.29. The van der Waals surface area contributed by atoms with Crippen molar-refractivity contribution in [1.29, 1.82) is 0 Å². The Kier molecular flexibility index (Phi) is 4.45. The number of alkyl halides is 3. The first kappa shape index (κ1) is 17.0. The van der Waals surface area contributed by atoms with Crippen LogP contribution >= 0.6 is 12.2 Å². The summed E-state index contributed by atoms with van der Waals surface area (Å²) in [6, 6.07) is 13.5. The number of hydrogen-bond donors (Lipinski definition) is 2. The van der Waals surface area contributed by atoms with Crippen molar-refractivity contribution in [2.75, 3.05) is 10.6 Å². The van der Waals surface area contributed by atoms with Gasteiger partial charge in [0.05, 0.1) is 5.56 Å². The number of nitrogens with one attached hydrogen (secondary N) is 2. The SMILES string of the molecule is O=c1cc(C(F)(F)F)c2cc(NC(=S)Nc3ccccc3)ccc2o1. The topological polar surface area (TPSA) is 54.3 Å². The Bertz CT molecular complexity index is 985. The number of hydrogen-bond acceptors (Lipinski definition) is 3. The molecule has 0 bridgehead atoms. The molecule has 8 heteroatoms. The third kappa shape index (κ3) is 3.97. The summed E-state index contributed by atoms with van der Waals surface area (Å²) in [4.78, 5) is 11.3. The number of fused-ring (bicyclic) bond motifs is 1. The Morgan fingerprint density at radius 2 is 1.64 bits per heavy atom. The molecule has 0 amide bonds. The number of thiocarbonyl (C=S) groups is 1. The van der Waals surface area contributed by atoms with Crippen LogP contribution in [0.2, 0.25) is 0 Å². The van der Waals surface area contributed by atoms with Crippen LogP contribution in [-0.4, -0.2) is 5.11 Å². The maximum absolute atomic E-state index is 13.1. The van der Waals surface area contributed by atoms with Crippen molar-refractivity contribution < 1.29 is 17.6 Å². The molecule has 0 unspecified atom stereocenters. The minimum Gasteiger partial charge on any atom is -0.423 e. The lowest BCUT2D eigenvalue weighted by molar-refractivity contribution is -0.136. The molecule has 2 N–H and O–H groups in total. The zero-order valence-corrected chi connectivity index (χ0v) is 13.4. The third-order valence-electron chi connectivity index (χ3n) is 3.34. The average molecular weight is 364 g/mol. The van der Waals surface area contributed by atoms with Crippen LogP contribution in [0.15, 0.2) is 63.8 Å². The standard InChI is InChI=1S/C17H11F3N2O2S/c18-17(19,20)13-9-15(23)24-14-7-6-11(8-12(13)14)22-16(25)21-10-4-2-1-3-5-10/h1-9H,(H2,21,22,25). The van der Waals surface area contributed by atoms with Crippen molar-refractivity contribution in [1.82, 2.24) is 0 Å². The summed E-state index contributed by atoms with van der Waals surface area (Å²) in [5.41, 5.74) is -1.18. The molecule has 3 rings (SSSR count). The summed E-state index contributed by atoms with van der Waals surface area (Å²) in [6.07, 6.45) is -4.67. The Balaban J connectivity index is 1.92. The highest BCUT2D eigenvalue weighted by Gasteiger charge is 2.33. The van der Waals surface area contributed by atoms with Crippen molar-refractivity contribution in [3.8, 4) is 0 Å². The summed E-state index contributed by atoms with van der Waals surface area (Å²) in [5.74, 6) is 0. The first-order valence-electron chi connectivity index (χ1n) is 7.11. The molecular weight excluding hydrogens is 353 g/mol. The van der Waals surface area contributed by atoms with Crippen molar-refractivity contribution >= 4 is 39.7 Å². The zero-order chi connectivity index (χ0) is 18.0. The lowest BCUT2D eigenvalue weighted by atomic mass is 10.1. The summed E-state index contributed by atoms with van der Waals surface area (Å²) in [5, 5.41) is 5.72. The Labute approximate surface area is 145 Å². The molecule has 4 nitrogen and oxygen atoms in total. The van der Waals surface area contributed by atoms with Gasteiger partial charge < -0.3 is 15.1 Å². The van der Waals surface area contributed by atoms with E-state index in [-0.39, 0.29) is 16.1 Å². The van der Waals surface area contributed by atoms with Crippen molar-refractivity contribution in [2.24, 2.45) is 0 Å². The summed E-state index contributed by atoms with van der Waals surface area (Å²) >= 11 is 5.15. The molecule has 0 saturated heterocycles. The molecule has 0 atom stereocenters. The second-order valence-corrected chi connectivity index (χ2v) is 5.54. The van der Waals surface area contributed by atoms with Gasteiger partial charge in [0.25, 0.3) is 0 Å². The van der Waals surface area contributed by atoms with E-state index in [1.807, 2.05) is 18.2 Å². The lowest BCUT2D eigenvalue weighted by Crippen LogP contribution is -2.19. The van der Waals surface area contributed by atoms with Crippen molar-refractivity contribution in [3.05, 3.63) is 70.6 Å². The smallest absolute Gasteiger partial charge is 0.417 e. The van der Waals surface area contributed by atoms with Gasteiger partial charge in [0, 0.05) is 22.8 Å². The van der Waals surface area contributed by atoms with E-state index in [0.717, 1.165) is 5.69 Å². The normalized spacial score (nSPS) is 11.3. The van der Waals surface area contributed by atoms with Gasteiger partial charge >= 0.3 is 11.8 Å². The van der Waals surface area contributed by atoms with Crippen LogP contribution in [0.3, 0.4) is 0 Å². The third-order valence-corrected chi connectivity index (χ3v) is 3.54. The highest BCUT2D eigenvalue weighted by atomic mass is 32.1. The van der Waals surface area contributed by atoms with E-state index < -0.39 is 17.4 Å². The van der Waals surface area contributed by atoms with E-state index in [4.69, 9.17) is 16.6 Å². The van der Waals surface area contributed by atoms with Crippen LogP contribution in [0.1, 0.15) is 5.56 Å². The number of benzene rings is 2. The largest absolute Gasteiger partial charge is 0.423 e. The number of anilines is 2. The monoisotopic (exact) mass is 364 g/mol. The average Bonchev–Trinajstić information content (AvgIpc) is 2.54. The quantitative estimate of drug-likeness (QED) is 0.513. The molecule has 0 aliphatic heterocycles. The molecule has 0 aliphatic carbocycles. The van der Waals surface area contributed by atoms with Gasteiger partial charge in [-0.3, -0.25) is 0 Å². The summed E-state index contributed by atoms with van der Waals surface area (Å²) < 4.78 is 44.2.